The topological polar surface area (TPSA) is 244 Å². The fourth-order valence-corrected chi connectivity index (χ4v) is 10.5. The van der Waals surface area contributed by atoms with Gasteiger partial charge in [-0.3, -0.25) is 43.4 Å². The third kappa shape index (κ3) is 16.5. The van der Waals surface area contributed by atoms with Crippen LogP contribution in [0.25, 0.3) is 10.9 Å². The molecule has 1 aromatic heterocycles. The average molecular weight is 1040 g/mol. The number of carbonyl (C=O) groups is 7. The largest absolute Gasteiger partial charge is 0.379 e. The molecule has 2 fully saturated rings. The number of para-hydroxylation sites is 1. The Kier molecular flexibility index (Phi) is 24.9. The lowest BCUT2D eigenvalue weighted by molar-refractivity contribution is -0.148. The second-order valence-corrected chi connectivity index (χ2v) is 20.8. The Hall–Kier alpha value is -4.99. The highest BCUT2D eigenvalue weighted by molar-refractivity contribution is 6.03. The molecule has 2 aliphatic rings. The Labute approximate surface area is 438 Å². The number of amides is 7. The predicted octanol–water partition coefficient (Wildman–Crippen LogP) is 3.14. The standard InChI is InChI=1S/C54H88N8O12/c1-13-35(6)48(43(70-11)31-45(64)61-20-16-19-42(61)49(71-12)37(8)51(66)57-41(50(55)65)30-38-32-56-40-18-15-14-17-39(38)40)60(10)54(69)46(33(2)3)58-52(67)47(34(4)5)59(9)21-23-72-25-27-74-28-26-73-24-22-62-44(63)29-36(7)53(62)68/h14-15,17-18,32-37,41-43,46-49,56H,13,16,19-31H2,1-12H3,(H2,55,65)(H,57,66)(H,58,67)/t35-,36?,37+,41-,42-,43+,46-,47-,48-,49+/m0/s1. The van der Waals surface area contributed by atoms with E-state index in [0.717, 1.165) is 16.5 Å². The van der Waals surface area contributed by atoms with E-state index in [2.05, 4.69) is 15.6 Å². The van der Waals surface area contributed by atoms with E-state index in [-0.39, 0.29) is 85.6 Å². The zero-order chi connectivity index (χ0) is 54.8. The van der Waals surface area contributed by atoms with Crippen LogP contribution in [0.1, 0.15) is 93.1 Å². The Morgan fingerprint density at radius 2 is 1.51 bits per heavy atom. The van der Waals surface area contributed by atoms with Crippen molar-refractivity contribution in [2.24, 2.45) is 35.3 Å². The van der Waals surface area contributed by atoms with Gasteiger partial charge in [-0.2, -0.15) is 0 Å². The van der Waals surface area contributed by atoms with Gasteiger partial charge in [0.1, 0.15) is 12.1 Å². The molecule has 2 aliphatic heterocycles. The molecule has 5 N–H and O–H groups in total. The number of aromatic amines is 1. The first-order valence-electron chi connectivity index (χ1n) is 26.5. The van der Waals surface area contributed by atoms with Crippen LogP contribution in [0, 0.1) is 29.6 Å². The van der Waals surface area contributed by atoms with Gasteiger partial charge in [0.25, 0.3) is 0 Å². The number of nitrogens with zero attached hydrogens (tertiary/aromatic N) is 4. The van der Waals surface area contributed by atoms with Crippen molar-refractivity contribution in [3.05, 3.63) is 36.0 Å². The van der Waals surface area contributed by atoms with Crippen molar-refractivity contribution in [2.75, 3.05) is 87.6 Å². The summed E-state index contributed by atoms with van der Waals surface area (Å²) in [6, 6.07) is 4.29. The summed E-state index contributed by atoms with van der Waals surface area (Å²) >= 11 is 0. The van der Waals surface area contributed by atoms with Crippen molar-refractivity contribution in [1.82, 2.24) is 35.2 Å². The number of rotatable bonds is 33. The highest BCUT2D eigenvalue weighted by atomic mass is 16.5. The summed E-state index contributed by atoms with van der Waals surface area (Å²) in [5.74, 6) is -3.69. The molecular weight excluding hydrogens is 953 g/mol. The maximum atomic E-state index is 14.6. The van der Waals surface area contributed by atoms with Gasteiger partial charge in [0.05, 0.1) is 88.9 Å². The van der Waals surface area contributed by atoms with Crippen LogP contribution in [0.5, 0.6) is 0 Å². The van der Waals surface area contributed by atoms with Crippen LogP contribution in [0.4, 0.5) is 0 Å². The number of imide groups is 1. The Balaban J connectivity index is 1.32. The fourth-order valence-electron chi connectivity index (χ4n) is 10.5. The highest BCUT2D eigenvalue weighted by Crippen LogP contribution is 2.30. The molecule has 1 aromatic carbocycles. The van der Waals surface area contributed by atoms with Crippen LogP contribution in [0.15, 0.2) is 30.5 Å². The molecule has 2 aromatic rings. The molecule has 10 atom stereocenters. The number of ether oxygens (including phenoxy) is 5. The fraction of sp³-hybridized carbons (Fsp3) is 0.722. The lowest BCUT2D eigenvalue weighted by Gasteiger charge is -2.41. The molecule has 416 valence electrons. The van der Waals surface area contributed by atoms with Crippen molar-refractivity contribution in [1.29, 1.82) is 0 Å². The quantitative estimate of drug-likeness (QED) is 0.0594. The maximum absolute atomic E-state index is 14.6. The number of hydrogen-bond donors (Lipinski definition) is 4. The lowest BCUT2D eigenvalue weighted by atomic mass is 9.89. The van der Waals surface area contributed by atoms with Gasteiger partial charge >= 0.3 is 0 Å². The van der Waals surface area contributed by atoms with Gasteiger partial charge in [0.2, 0.25) is 41.4 Å². The molecule has 20 heteroatoms. The van der Waals surface area contributed by atoms with Crippen molar-refractivity contribution in [3.63, 3.8) is 0 Å². The van der Waals surface area contributed by atoms with Gasteiger partial charge in [-0.15, -0.1) is 0 Å². The SMILES string of the molecule is CC[C@H](C)[C@@H]([C@@H](CC(=O)N1CCC[C@H]1[C@H](OC)[C@@H](C)C(=O)N[C@@H](Cc1c[nH]c2ccccc12)C(N)=O)OC)N(C)C(=O)[C@@H](NC(=O)[C@H](C(C)C)N(C)CCOCCOCCOCCN1C(=O)CC(C)C1=O)C(C)C. The third-order valence-corrected chi connectivity index (χ3v) is 14.9. The second-order valence-electron chi connectivity index (χ2n) is 20.8. The number of fused-ring (bicyclic) bond motifs is 1. The minimum absolute atomic E-state index is 0.0426. The van der Waals surface area contributed by atoms with E-state index in [4.69, 9.17) is 29.4 Å². The molecule has 3 heterocycles. The van der Waals surface area contributed by atoms with Crippen molar-refractivity contribution in [2.45, 2.75) is 136 Å². The Bertz CT molecular complexity index is 2150. The number of likely N-dealkylation sites (tertiary alicyclic amines) is 2. The predicted molar refractivity (Wildman–Crippen MR) is 280 cm³/mol. The summed E-state index contributed by atoms with van der Waals surface area (Å²) in [4.78, 5) is 103. The summed E-state index contributed by atoms with van der Waals surface area (Å²) in [5.41, 5.74) is 7.56. The second kappa shape index (κ2) is 29.9. The number of benzene rings is 1. The number of primary amides is 1. The van der Waals surface area contributed by atoms with E-state index in [1.54, 1.807) is 30.7 Å². The number of methoxy groups -OCH3 is 2. The molecule has 7 amide bonds. The third-order valence-electron chi connectivity index (χ3n) is 14.9. The molecule has 2 saturated heterocycles. The minimum atomic E-state index is -0.974. The summed E-state index contributed by atoms with van der Waals surface area (Å²) in [6.07, 6.45) is 2.78. The van der Waals surface area contributed by atoms with Crippen molar-refractivity contribution < 1.29 is 57.2 Å². The summed E-state index contributed by atoms with van der Waals surface area (Å²) in [5, 5.41) is 6.87. The summed E-state index contributed by atoms with van der Waals surface area (Å²) in [7, 11) is 6.61. The molecule has 1 unspecified atom stereocenters. The van der Waals surface area contributed by atoms with Crippen LogP contribution in [-0.2, 0) is 63.7 Å². The van der Waals surface area contributed by atoms with Gasteiger partial charge in [-0.05, 0) is 49.3 Å². The van der Waals surface area contributed by atoms with Gasteiger partial charge in [-0.25, -0.2) is 0 Å². The Morgan fingerprint density at radius 3 is 2.09 bits per heavy atom. The number of likely N-dealkylation sites (N-methyl/N-ethyl adjacent to an activating group) is 2. The zero-order valence-electron chi connectivity index (χ0n) is 46.2. The normalized spacial score (nSPS) is 19.4. The van der Waals surface area contributed by atoms with E-state index in [1.807, 2.05) is 84.0 Å². The smallest absolute Gasteiger partial charge is 0.245 e. The average Bonchev–Trinajstić information content (AvgIpc) is 4.08. The van der Waals surface area contributed by atoms with Crippen LogP contribution in [0.2, 0.25) is 0 Å². The van der Waals surface area contributed by atoms with Crippen LogP contribution >= 0.6 is 0 Å². The van der Waals surface area contributed by atoms with Crippen LogP contribution in [-0.4, -0.2) is 196 Å². The summed E-state index contributed by atoms with van der Waals surface area (Å²) in [6.45, 7) is 18.2. The molecule has 20 nitrogen and oxygen atoms in total. The van der Waals surface area contributed by atoms with E-state index >= 15 is 0 Å². The van der Waals surface area contributed by atoms with Crippen LogP contribution < -0.4 is 16.4 Å². The lowest BCUT2D eigenvalue weighted by Crippen LogP contribution is -2.60. The van der Waals surface area contributed by atoms with E-state index in [1.165, 1.54) is 19.1 Å². The Morgan fingerprint density at radius 1 is 0.865 bits per heavy atom. The number of aromatic nitrogens is 1. The van der Waals surface area contributed by atoms with Gasteiger partial charge in [0.15, 0.2) is 0 Å². The van der Waals surface area contributed by atoms with Crippen LogP contribution in [0.3, 0.4) is 0 Å². The number of carbonyl (C=O) groups excluding carboxylic acids is 7. The first-order chi connectivity index (χ1) is 35.2. The number of hydrogen-bond acceptors (Lipinski definition) is 13. The minimum Gasteiger partial charge on any atom is -0.379 e. The highest BCUT2D eigenvalue weighted by Gasteiger charge is 2.44. The number of nitrogens with two attached hydrogens (primary N) is 1. The van der Waals surface area contributed by atoms with Gasteiger partial charge in [0, 0.05) is 70.2 Å². The molecule has 0 bridgehead atoms. The first kappa shape index (κ1) is 61.6. The maximum Gasteiger partial charge on any atom is 0.245 e. The molecule has 0 aliphatic carbocycles. The molecule has 0 spiro atoms. The van der Waals surface area contributed by atoms with E-state index in [9.17, 15) is 33.6 Å². The molecule has 0 radical (unpaired) electrons. The van der Waals surface area contributed by atoms with Crippen molar-refractivity contribution in [3.8, 4) is 0 Å². The molecule has 0 saturated carbocycles. The molecule has 74 heavy (non-hydrogen) atoms. The first-order valence-corrected chi connectivity index (χ1v) is 26.5. The number of nitrogens with one attached hydrogen (secondary N) is 3. The van der Waals surface area contributed by atoms with Crippen molar-refractivity contribution >= 4 is 52.3 Å². The molecular formula is C54H88N8O12. The summed E-state index contributed by atoms with van der Waals surface area (Å²) < 4.78 is 29.0. The van der Waals surface area contributed by atoms with Gasteiger partial charge in [-0.1, -0.05) is 80.0 Å². The monoisotopic (exact) mass is 1040 g/mol. The van der Waals surface area contributed by atoms with E-state index < -0.39 is 60.1 Å². The zero-order valence-corrected chi connectivity index (χ0v) is 46.2. The van der Waals surface area contributed by atoms with Gasteiger partial charge < -0.3 is 54.8 Å². The molecule has 4 rings (SSSR count). The number of H-pyrrole nitrogens is 1. The van der Waals surface area contributed by atoms with E-state index in [0.29, 0.717) is 65.4 Å².